The van der Waals surface area contributed by atoms with Gasteiger partial charge in [0.2, 0.25) is 0 Å². The van der Waals surface area contributed by atoms with E-state index >= 15 is 0 Å². The van der Waals surface area contributed by atoms with Crippen LogP contribution in [0.4, 0.5) is 5.82 Å². The number of nitrogens with one attached hydrogen (secondary N) is 1. The largest absolute Gasteiger partial charge is 0.370 e. The molecule has 5 heteroatoms. The Hall–Kier alpha value is -1.13. The Morgan fingerprint density at radius 1 is 1.25 bits per heavy atom. The molecular formula is C15H17BrClN3. The van der Waals surface area contributed by atoms with Gasteiger partial charge in [0.1, 0.15) is 5.82 Å². The van der Waals surface area contributed by atoms with Crippen LogP contribution >= 0.6 is 27.5 Å². The predicted octanol–water partition coefficient (Wildman–Crippen LogP) is 5.11. The van der Waals surface area contributed by atoms with Crippen molar-refractivity contribution in [2.75, 3.05) is 11.9 Å². The molecule has 0 radical (unpaired) electrons. The highest BCUT2D eigenvalue weighted by Crippen LogP contribution is 2.30. The minimum Gasteiger partial charge on any atom is -0.370 e. The number of hydrogen-bond acceptors (Lipinski definition) is 3. The lowest BCUT2D eigenvalue weighted by molar-refractivity contribution is 0.817. The molecule has 20 heavy (non-hydrogen) atoms. The van der Waals surface area contributed by atoms with Gasteiger partial charge in [0.15, 0.2) is 5.82 Å². The van der Waals surface area contributed by atoms with Crippen LogP contribution in [-0.4, -0.2) is 16.5 Å². The molecule has 0 fully saturated rings. The molecule has 0 aliphatic rings. The van der Waals surface area contributed by atoms with Gasteiger partial charge in [0.05, 0.1) is 0 Å². The van der Waals surface area contributed by atoms with E-state index in [0.717, 1.165) is 28.1 Å². The minimum atomic E-state index is 0.347. The standard InChI is InChI=1S/C15H17BrClN3/c1-4-18-14-8-13(9(2)3)19-15(20-14)11-6-5-10(17)7-12(11)16/h5-9H,4H2,1-3H3,(H,18,19,20). The predicted molar refractivity (Wildman–Crippen MR) is 88.4 cm³/mol. The molecule has 1 N–H and O–H groups in total. The molecule has 0 aliphatic carbocycles. The molecular weight excluding hydrogens is 338 g/mol. The van der Waals surface area contributed by atoms with Crippen LogP contribution in [0.25, 0.3) is 11.4 Å². The molecule has 0 saturated heterocycles. The second-order valence-corrected chi connectivity index (χ2v) is 6.10. The molecule has 1 heterocycles. The topological polar surface area (TPSA) is 37.8 Å². The Morgan fingerprint density at radius 3 is 2.60 bits per heavy atom. The second kappa shape index (κ2) is 6.55. The van der Waals surface area contributed by atoms with Gasteiger partial charge in [-0.2, -0.15) is 0 Å². The maximum absolute atomic E-state index is 5.98. The van der Waals surface area contributed by atoms with E-state index in [4.69, 9.17) is 11.6 Å². The quantitative estimate of drug-likeness (QED) is 0.828. The van der Waals surface area contributed by atoms with Crippen molar-refractivity contribution in [1.82, 2.24) is 9.97 Å². The summed E-state index contributed by atoms with van der Waals surface area (Å²) in [4.78, 5) is 9.22. The molecule has 1 aromatic heterocycles. The average molecular weight is 355 g/mol. The van der Waals surface area contributed by atoms with Crippen molar-refractivity contribution in [2.24, 2.45) is 0 Å². The Kier molecular flexibility index (Phi) is 5.00. The molecule has 3 nitrogen and oxygen atoms in total. The number of nitrogens with zero attached hydrogens (tertiary/aromatic N) is 2. The van der Waals surface area contributed by atoms with Gasteiger partial charge in [-0.15, -0.1) is 0 Å². The Labute approximate surface area is 132 Å². The highest BCUT2D eigenvalue weighted by molar-refractivity contribution is 9.10. The van der Waals surface area contributed by atoms with E-state index < -0.39 is 0 Å². The fourth-order valence-corrected chi connectivity index (χ4v) is 2.68. The molecule has 106 valence electrons. The van der Waals surface area contributed by atoms with E-state index in [0.29, 0.717) is 16.8 Å². The van der Waals surface area contributed by atoms with Crippen LogP contribution < -0.4 is 5.32 Å². The average Bonchev–Trinajstić information content (AvgIpc) is 2.38. The third-order valence-corrected chi connectivity index (χ3v) is 3.76. The van der Waals surface area contributed by atoms with Crippen molar-refractivity contribution in [3.05, 3.63) is 39.5 Å². The number of hydrogen-bond donors (Lipinski definition) is 1. The first-order chi connectivity index (χ1) is 9.51. The number of aromatic nitrogens is 2. The Morgan fingerprint density at radius 2 is 2.00 bits per heavy atom. The molecule has 0 amide bonds. The molecule has 0 aliphatic heterocycles. The highest BCUT2D eigenvalue weighted by Gasteiger charge is 2.12. The van der Waals surface area contributed by atoms with E-state index in [-0.39, 0.29) is 0 Å². The molecule has 0 bridgehead atoms. The van der Waals surface area contributed by atoms with E-state index in [1.165, 1.54) is 0 Å². The van der Waals surface area contributed by atoms with Crippen molar-refractivity contribution in [3.8, 4) is 11.4 Å². The summed E-state index contributed by atoms with van der Waals surface area (Å²) in [6.45, 7) is 7.13. The third-order valence-electron chi connectivity index (χ3n) is 2.87. The zero-order valence-corrected chi connectivity index (χ0v) is 14.1. The van der Waals surface area contributed by atoms with Gasteiger partial charge in [0.25, 0.3) is 0 Å². The SMILES string of the molecule is CCNc1cc(C(C)C)nc(-c2ccc(Cl)cc2Br)n1. The van der Waals surface area contributed by atoms with Crippen molar-refractivity contribution >= 4 is 33.3 Å². The lowest BCUT2D eigenvalue weighted by Crippen LogP contribution is -2.05. The van der Waals surface area contributed by atoms with Gasteiger partial charge in [-0.1, -0.05) is 25.4 Å². The van der Waals surface area contributed by atoms with Gasteiger partial charge in [0, 0.05) is 33.4 Å². The number of halogens is 2. The molecule has 0 saturated carbocycles. The van der Waals surface area contributed by atoms with Crippen molar-refractivity contribution < 1.29 is 0 Å². The summed E-state index contributed by atoms with van der Waals surface area (Å²) in [5, 5.41) is 3.94. The van der Waals surface area contributed by atoms with Crippen LogP contribution in [0.2, 0.25) is 5.02 Å². The van der Waals surface area contributed by atoms with Crippen molar-refractivity contribution in [1.29, 1.82) is 0 Å². The van der Waals surface area contributed by atoms with E-state index in [9.17, 15) is 0 Å². The Balaban J connectivity index is 2.54. The van der Waals surface area contributed by atoms with Gasteiger partial charge >= 0.3 is 0 Å². The highest BCUT2D eigenvalue weighted by atomic mass is 79.9. The fourth-order valence-electron chi connectivity index (χ4n) is 1.82. The Bertz CT molecular complexity index is 614. The minimum absolute atomic E-state index is 0.347. The number of rotatable bonds is 4. The van der Waals surface area contributed by atoms with Crippen LogP contribution in [0.5, 0.6) is 0 Å². The van der Waals surface area contributed by atoms with Crippen LogP contribution in [0.1, 0.15) is 32.4 Å². The number of anilines is 1. The van der Waals surface area contributed by atoms with Crippen molar-refractivity contribution in [2.45, 2.75) is 26.7 Å². The fraction of sp³-hybridized carbons (Fsp3) is 0.333. The van der Waals surface area contributed by atoms with Crippen molar-refractivity contribution in [3.63, 3.8) is 0 Å². The molecule has 0 spiro atoms. The summed E-state index contributed by atoms with van der Waals surface area (Å²) in [7, 11) is 0. The number of benzene rings is 1. The molecule has 2 rings (SSSR count). The van der Waals surface area contributed by atoms with E-state index in [1.54, 1.807) is 0 Å². The molecule has 0 atom stereocenters. The summed E-state index contributed by atoms with van der Waals surface area (Å²) in [5.74, 6) is 1.90. The zero-order valence-electron chi connectivity index (χ0n) is 11.7. The van der Waals surface area contributed by atoms with E-state index in [1.807, 2.05) is 24.3 Å². The van der Waals surface area contributed by atoms with Crippen LogP contribution in [0.15, 0.2) is 28.7 Å². The first-order valence-electron chi connectivity index (χ1n) is 6.59. The summed E-state index contributed by atoms with van der Waals surface area (Å²) < 4.78 is 0.897. The third kappa shape index (κ3) is 3.49. The monoisotopic (exact) mass is 353 g/mol. The molecule has 2 aromatic rings. The summed E-state index contributed by atoms with van der Waals surface area (Å²) in [6, 6.07) is 7.64. The first kappa shape index (κ1) is 15.3. The maximum Gasteiger partial charge on any atom is 0.162 e. The maximum atomic E-state index is 5.98. The summed E-state index contributed by atoms with van der Waals surface area (Å²) in [5.41, 5.74) is 1.96. The summed E-state index contributed by atoms with van der Waals surface area (Å²) in [6.07, 6.45) is 0. The second-order valence-electron chi connectivity index (χ2n) is 4.81. The first-order valence-corrected chi connectivity index (χ1v) is 7.76. The lowest BCUT2D eigenvalue weighted by atomic mass is 10.1. The smallest absolute Gasteiger partial charge is 0.162 e. The van der Waals surface area contributed by atoms with Gasteiger partial charge in [-0.25, -0.2) is 9.97 Å². The van der Waals surface area contributed by atoms with Gasteiger partial charge < -0.3 is 5.32 Å². The van der Waals surface area contributed by atoms with Gasteiger partial charge in [-0.3, -0.25) is 0 Å². The van der Waals surface area contributed by atoms with E-state index in [2.05, 4.69) is 52.0 Å². The van der Waals surface area contributed by atoms with Gasteiger partial charge in [-0.05, 0) is 47.0 Å². The lowest BCUT2D eigenvalue weighted by Gasteiger charge is -2.12. The van der Waals surface area contributed by atoms with Crippen LogP contribution in [0, 0.1) is 0 Å². The molecule has 0 unspecified atom stereocenters. The normalized spacial score (nSPS) is 10.9. The zero-order chi connectivity index (χ0) is 14.7. The molecule has 1 aromatic carbocycles. The van der Waals surface area contributed by atoms with Crippen LogP contribution in [-0.2, 0) is 0 Å². The summed E-state index contributed by atoms with van der Waals surface area (Å²) >= 11 is 9.51. The van der Waals surface area contributed by atoms with Crippen LogP contribution in [0.3, 0.4) is 0 Å².